The Morgan fingerprint density at radius 3 is 2.64 bits per heavy atom. The van der Waals surface area contributed by atoms with Crippen molar-refractivity contribution in [3.05, 3.63) is 59.2 Å². The van der Waals surface area contributed by atoms with Gasteiger partial charge in [-0.15, -0.1) is 0 Å². The predicted octanol–water partition coefficient (Wildman–Crippen LogP) is 1.94. The monoisotopic (exact) mass is 402 g/mol. The summed E-state index contributed by atoms with van der Waals surface area (Å²) in [6.45, 7) is 1.46. The molecule has 0 heterocycles. The highest BCUT2D eigenvalue weighted by atomic mass is 32.2. The number of nitrogens with two attached hydrogens (primary N) is 1. The highest BCUT2D eigenvalue weighted by Gasteiger charge is 2.20. The summed E-state index contributed by atoms with van der Waals surface area (Å²) in [5.41, 5.74) is 3.70. The molecule has 1 atom stereocenters. The van der Waals surface area contributed by atoms with Crippen LogP contribution in [0.15, 0.2) is 47.4 Å². The molecule has 0 aliphatic heterocycles. The quantitative estimate of drug-likeness (QED) is 0.717. The van der Waals surface area contributed by atoms with Gasteiger partial charge in [-0.25, -0.2) is 13.6 Å². The molecule has 1 amide bonds. The number of amides is 1. The standard InChI is InChI=1S/C20H22N2O5S/c1-13(20(24)22-17-6-3-7-18(12-17)28(21,25)26)27-19(23)11-14-8-9-15-4-2-5-16(15)10-14/h3,6-10,12-13H,2,4-5,11H2,1H3,(H,22,24)(H2,21,25,26)/t13-/m1/s1. The number of sulfonamides is 1. The number of hydrogen-bond donors (Lipinski definition) is 2. The van der Waals surface area contributed by atoms with E-state index in [9.17, 15) is 18.0 Å². The number of hydrogen-bond acceptors (Lipinski definition) is 5. The zero-order valence-electron chi connectivity index (χ0n) is 15.5. The van der Waals surface area contributed by atoms with Crippen molar-refractivity contribution in [1.29, 1.82) is 0 Å². The van der Waals surface area contributed by atoms with Crippen molar-refractivity contribution in [2.75, 3.05) is 5.32 Å². The van der Waals surface area contributed by atoms with Crippen LogP contribution in [0, 0.1) is 0 Å². The maximum atomic E-state index is 12.2. The van der Waals surface area contributed by atoms with E-state index in [-0.39, 0.29) is 17.0 Å². The van der Waals surface area contributed by atoms with Crippen LogP contribution >= 0.6 is 0 Å². The lowest BCUT2D eigenvalue weighted by molar-refractivity contribution is -0.152. The number of anilines is 1. The van der Waals surface area contributed by atoms with E-state index in [1.165, 1.54) is 42.3 Å². The Morgan fingerprint density at radius 1 is 1.14 bits per heavy atom. The topological polar surface area (TPSA) is 116 Å². The summed E-state index contributed by atoms with van der Waals surface area (Å²) < 4.78 is 28.0. The Morgan fingerprint density at radius 2 is 1.89 bits per heavy atom. The first-order chi connectivity index (χ1) is 13.2. The number of primary sulfonamides is 1. The molecule has 8 heteroatoms. The normalized spacial score (nSPS) is 14.2. The van der Waals surface area contributed by atoms with Crippen LogP contribution in [-0.4, -0.2) is 26.4 Å². The smallest absolute Gasteiger partial charge is 0.311 e. The maximum Gasteiger partial charge on any atom is 0.311 e. The van der Waals surface area contributed by atoms with Gasteiger partial charge in [-0.2, -0.15) is 0 Å². The first-order valence-corrected chi connectivity index (χ1v) is 10.5. The van der Waals surface area contributed by atoms with Gasteiger partial charge in [0.25, 0.3) is 5.91 Å². The maximum absolute atomic E-state index is 12.2. The van der Waals surface area contributed by atoms with E-state index < -0.39 is 28.0 Å². The molecule has 2 aromatic carbocycles. The lowest BCUT2D eigenvalue weighted by Gasteiger charge is -2.14. The molecule has 0 aromatic heterocycles. The summed E-state index contributed by atoms with van der Waals surface area (Å²) in [5, 5.41) is 7.60. The van der Waals surface area contributed by atoms with Crippen LogP contribution in [0.5, 0.6) is 0 Å². The molecule has 1 aliphatic rings. The number of rotatable bonds is 6. The molecular formula is C20H22N2O5S. The van der Waals surface area contributed by atoms with Crippen LogP contribution < -0.4 is 10.5 Å². The van der Waals surface area contributed by atoms with Gasteiger partial charge in [-0.3, -0.25) is 9.59 Å². The summed E-state index contributed by atoms with van der Waals surface area (Å²) in [5.74, 6) is -1.06. The number of fused-ring (bicyclic) bond motifs is 1. The first kappa shape index (κ1) is 20.0. The van der Waals surface area contributed by atoms with Gasteiger partial charge < -0.3 is 10.1 Å². The third-order valence-corrected chi connectivity index (χ3v) is 5.53. The lowest BCUT2D eigenvalue weighted by atomic mass is 10.0. The van der Waals surface area contributed by atoms with Crippen LogP contribution in [0.3, 0.4) is 0 Å². The molecule has 28 heavy (non-hydrogen) atoms. The Balaban J connectivity index is 1.57. The fourth-order valence-corrected chi connectivity index (χ4v) is 3.75. The van der Waals surface area contributed by atoms with Gasteiger partial charge in [0.2, 0.25) is 10.0 Å². The van der Waals surface area contributed by atoms with Gasteiger partial charge in [0, 0.05) is 5.69 Å². The van der Waals surface area contributed by atoms with E-state index in [2.05, 4.69) is 5.32 Å². The predicted molar refractivity (Wildman–Crippen MR) is 104 cm³/mol. The van der Waals surface area contributed by atoms with Crippen LogP contribution in [0.1, 0.15) is 30.0 Å². The molecule has 3 rings (SSSR count). The molecule has 0 spiro atoms. The highest BCUT2D eigenvalue weighted by Crippen LogP contribution is 2.23. The number of benzene rings is 2. The van der Waals surface area contributed by atoms with Crippen LogP contribution in [0.4, 0.5) is 5.69 Å². The number of ether oxygens (including phenoxy) is 1. The van der Waals surface area contributed by atoms with E-state index in [1.807, 2.05) is 18.2 Å². The largest absolute Gasteiger partial charge is 0.452 e. The van der Waals surface area contributed by atoms with Gasteiger partial charge in [0.05, 0.1) is 11.3 Å². The number of aryl methyl sites for hydroxylation is 2. The third-order valence-electron chi connectivity index (χ3n) is 4.62. The summed E-state index contributed by atoms with van der Waals surface area (Å²) >= 11 is 0. The molecule has 1 aliphatic carbocycles. The van der Waals surface area contributed by atoms with Crippen LogP contribution in [0.25, 0.3) is 0 Å². The Hall–Kier alpha value is -2.71. The van der Waals surface area contributed by atoms with Crippen LogP contribution in [0.2, 0.25) is 0 Å². The van der Waals surface area contributed by atoms with Crippen molar-refractivity contribution in [2.24, 2.45) is 5.14 Å². The number of nitrogens with one attached hydrogen (secondary N) is 1. The molecule has 0 radical (unpaired) electrons. The molecule has 0 saturated carbocycles. The second kappa shape index (κ2) is 8.12. The average Bonchev–Trinajstić information content (AvgIpc) is 3.08. The summed E-state index contributed by atoms with van der Waals surface area (Å²) in [7, 11) is -3.88. The minimum absolute atomic E-state index is 0.0891. The zero-order chi connectivity index (χ0) is 20.3. The number of carbonyl (C=O) groups excluding carboxylic acids is 2. The van der Waals surface area contributed by atoms with Crippen molar-refractivity contribution >= 4 is 27.6 Å². The SMILES string of the molecule is C[C@@H](OC(=O)Cc1ccc2c(c1)CCC2)C(=O)Nc1cccc(S(N)(=O)=O)c1. The minimum Gasteiger partial charge on any atom is -0.452 e. The van der Waals surface area contributed by atoms with E-state index in [0.29, 0.717) is 0 Å². The summed E-state index contributed by atoms with van der Waals surface area (Å²) in [6, 6.07) is 11.5. The average molecular weight is 402 g/mol. The second-order valence-corrected chi connectivity index (χ2v) is 8.39. The van der Waals surface area contributed by atoms with Crippen molar-refractivity contribution in [1.82, 2.24) is 0 Å². The molecule has 0 saturated heterocycles. The van der Waals surface area contributed by atoms with E-state index in [4.69, 9.17) is 9.88 Å². The summed E-state index contributed by atoms with van der Waals surface area (Å²) in [6.07, 6.45) is 2.29. The molecule has 3 N–H and O–H groups in total. The van der Waals surface area contributed by atoms with Gasteiger partial charge >= 0.3 is 5.97 Å². The Labute approximate surface area is 163 Å². The van der Waals surface area contributed by atoms with Gasteiger partial charge in [0.1, 0.15) is 0 Å². The van der Waals surface area contributed by atoms with Gasteiger partial charge in [0.15, 0.2) is 6.10 Å². The molecular weight excluding hydrogens is 380 g/mol. The van der Waals surface area contributed by atoms with Gasteiger partial charge in [-0.05, 0) is 61.1 Å². The first-order valence-electron chi connectivity index (χ1n) is 8.96. The second-order valence-electron chi connectivity index (χ2n) is 6.83. The number of carbonyl (C=O) groups is 2. The Kier molecular flexibility index (Phi) is 5.81. The summed E-state index contributed by atoms with van der Waals surface area (Å²) in [4.78, 5) is 24.3. The third kappa shape index (κ3) is 4.96. The fourth-order valence-electron chi connectivity index (χ4n) is 3.19. The molecule has 0 unspecified atom stereocenters. The fraction of sp³-hybridized carbons (Fsp3) is 0.300. The highest BCUT2D eigenvalue weighted by molar-refractivity contribution is 7.89. The van der Waals surface area contributed by atoms with E-state index in [0.717, 1.165) is 24.8 Å². The molecule has 0 bridgehead atoms. The lowest BCUT2D eigenvalue weighted by Crippen LogP contribution is -2.30. The zero-order valence-corrected chi connectivity index (χ0v) is 16.3. The molecule has 0 fully saturated rings. The molecule has 148 valence electrons. The molecule has 7 nitrogen and oxygen atoms in total. The van der Waals surface area contributed by atoms with E-state index in [1.54, 1.807) is 0 Å². The Bertz CT molecular complexity index is 1020. The van der Waals surface area contributed by atoms with Crippen LogP contribution in [-0.2, 0) is 43.6 Å². The van der Waals surface area contributed by atoms with Gasteiger partial charge in [-0.1, -0.05) is 24.3 Å². The molecule has 2 aromatic rings. The van der Waals surface area contributed by atoms with Crippen molar-refractivity contribution < 1.29 is 22.7 Å². The van der Waals surface area contributed by atoms with Crippen molar-refractivity contribution in [3.63, 3.8) is 0 Å². The van der Waals surface area contributed by atoms with Crippen molar-refractivity contribution in [2.45, 2.75) is 43.6 Å². The van der Waals surface area contributed by atoms with E-state index >= 15 is 0 Å². The minimum atomic E-state index is -3.88. The number of esters is 1. The van der Waals surface area contributed by atoms with Crippen molar-refractivity contribution in [3.8, 4) is 0 Å².